The van der Waals surface area contributed by atoms with Crippen molar-refractivity contribution in [1.29, 1.82) is 0 Å². The van der Waals surface area contributed by atoms with Crippen molar-refractivity contribution >= 4 is 5.91 Å². The minimum atomic E-state index is -0.0224. The first-order valence-electron chi connectivity index (χ1n) is 7.11. The molecule has 2 fully saturated rings. The monoisotopic (exact) mass is 260 g/mol. The largest absolute Gasteiger partial charge is 0.355 e. The lowest BCUT2D eigenvalue weighted by molar-refractivity contribution is -0.127. The minimum absolute atomic E-state index is 0. The summed E-state index contributed by atoms with van der Waals surface area (Å²) in [6.07, 6.45) is 3.44. The van der Waals surface area contributed by atoms with Crippen LogP contribution in [0.3, 0.4) is 0 Å². The lowest BCUT2D eigenvalue weighted by atomic mass is 9.97. The average Bonchev–Trinajstić information content (AvgIpc) is 3.23. The van der Waals surface area contributed by atoms with Gasteiger partial charge in [0.15, 0.2) is 0 Å². The number of amides is 1. The van der Waals surface area contributed by atoms with Crippen LogP contribution in [-0.2, 0) is 16.1 Å². The molecule has 2 unspecified atom stereocenters. The first-order chi connectivity index (χ1) is 9.34. The number of carbonyl (C=O) groups excluding carboxylic acids is 1. The smallest absolute Gasteiger partial charge is 0.237 e. The number of ether oxygens (including phenoxy) is 1. The topological polar surface area (TPSA) is 44.9 Å². The molecule has 3 aliphatic heterocycles. The van der Waals surface area contributed by atoms with Gasteiger partial charge in [0.05, 0.1) is 6.04 Å². The van der Waals surface area contributed by atoms with Gasteiger partial charge in [-0.3, -0.25) is 9.69 Å². The van der Waals surface area contributed by atoms with Crippen molar-refractivity contribution in [3.8, 4) is 0 Å². The van der Waals surface area contributed by atoms with Gasteiger partial charge in [-0.2, -0.15) is 0 Å². The summed E-state index contributed by atoms with van der Waals surface area (Å²) in [5, 5.41) is 3.02. The Bertz CT molecular complexity index is 522. The van der Waals surface area contributed by atoms with Crippen LogP contribution in [0.5, 0.6) is 0 Å². The van der Waals surface area contributed by atoms with Crippen LogP contribution < -0.4 is 5.32 Å². The lowest BCUT2D eigenvalue weighted by Crippen LogP contribution is -2.48. The van der Waals surface area contributed by atoms with E-state index in [0.29, 0.717) is 0 Å². The molecule has 19 heavy (non-hydrogen) atoms. The number of epoxide rings is 1. The van der Waals surface area contributed by atoms with Crippen molar-refractivity contribution in [2.75, 3.05) is 6.54 Å². The van der Waals surface area contributed by atoms with Crippen molar-refractivity contribution in [1.82, 2.24) is 10.2 Å². The zero-order valence-electron chi connectivity index (χ0n) is 10.8. The highest BCUT2D eigenvalue weighted by Crippen LogP contribution is 2.48. The van der Waals surface area contributed by atoms with E-state index in [-0.39, 0.29) is 25.7 Å². The summed E-state index contributed by atoms with van der Waals surface area (Å²) < 4.78 is 5.81. The number of hydrogen-bond donors (Lipinski definition) is 1. The number of hydrogen-bond acceptors (Lipinski definition) is 3. The maximum atomic E-state index is 12.2. The Kier molecular flexibility index (Phi) is 2.60. The Hall–Kier alpha value is -1.39. The van der Waals surface area contributed by atoms with E-state index < -0.39 is 0 Å². The van der Waals surface area contributed by atoms with E-state index in [1.807, 2.05) is 0 Å². The fourth-order valence-electron chi connectivity index (χ4n) is 3.35. The highest BCUT2D eigenvalue weighted by atomic mass is 16.6. The second-order valence-electron chi connectivity index (χ2n) is 5.62. The summed E-state index contributed by atoms with van der Waals surface area (Å²) in [4.78, 5) is 14.4. The second kappa shape index (κ2) is 4.32. The van der Waals surface area contributed by atoms with Gasteiger partial charge in [0.25, 0.3) is 0 Å². The van der Waals surface area contributed by atoms with Crippen molar-refractivity contribution in [3.63, 3.8) is 0 Å². The normalized spacial score (nSPS) is 33.9. The fraction of sp³-hybridized carbons (Fsp3) is 0.533. The predicted molar refractivity (Wildman–Crippen MR) is 72.4 cm³/mol. The molecule has 1 N–H and O–H groups in total. The molecule has 4 rings (SSSR count). The number of carbonyl (C=O) groups is 1. The molecule has 3 atom stereocenters. The van der Waals surface area contributed by atoms with Crippen LogP contribution in [0, 0.1) is 0 Å². The summed E-state index contributed by atoms with van der Waals surface area (Å²) in [6, 6.07) is 8.39. The third-order valence-electron chi connectivity index (χ3n) is 4.42. The number of fused-ring (bicyclic) bond motifs is 3. The van der Waals surface area contributed by atoms with Crippen LogP contribution >= 0.6 is 0 Å². The summed E-state index contributed by atoms with van der Waals surface area (Å²) in [6.45, 7) is 1.64. The van der Waals surface area contributed by atoms with Crippen LogP contribution in [0.4, 0.5) is 0 Å². The second-order valence-corrected chi connectivity index (χ2v) is 5.62. The Morgan fingerprint density at radius 2 is 2.21 bits per heavy atom. The number of nitrogens with one attached hydrogen (secondary N) is 1. The molecule has 4 nitrogen and oxygen atoms in total. The molecular weight excluding hydrogens is 240 g/mol. The van der Waals surface area contributed by atoms with E-state index in [9.17, 15) is 4.79 Å². The molecule has 0 radical (unpaired) electrons. The van der Waals surface area contributed by atoms with Gasteiger partial charge in [-0.25, -0.2) is 0 Å². The van der Waals surface area contributed by atoms with Gasteiger partial charge in [0.2, 0.25) is 5.91 Å². The first-order valence-corrected chi connectivity index (χ1v) is 7.11. The minimum Gasteiger partial charge on any atom is -0.355 e. The van der Waals surface area contributed by atoms with Crippen LogP contribution in [0.2, 0.25) is 0 Å². The Labute approximate surface area is 114 Å². The Balaban J connectivity index is 0.00000121. The molecule has 4 heteroatoms. The molecule has 3 aliphatic rings. The zero-order chi connectivity index (χ0) is 12.8. The molecule has 0 aliphatic carbocycles. The quantitative estimate of drug-likeness (QED) is 0.783. The average molecular weight is 260 g/mol. The molecule has 1 aromatic carbocycles. The van der Waals surface area contributed by atoms with Crippen LogP contribution in [0.25, 0.3) is 0 Å². The fourth-order valence-corrected chi connectivity index (χ4v) is 3.35. The van der Waals surface area contributed by atoms with E-state index in [0.717, 1.165) is 32.4 Å². The SMILES string of the molecule is O=C1NCCCC[C@@H]1N1Cc2ccccc2C2OC21.[HH]. The van der Waals surface area contributed by atoms with Gasteiger partial charge < -0.3 is 10.1 Å². The molecule has 102 valence electrons. The third-order valence-corrected chi connectivity index (χ3v) is 4.42. The van der Waals surface area contributed by atoms with Crippen molar-refractivity contribution < 1.29 is 11.0 Å². The van der Waals surface area contributed by atoms with Crippen molar-refractivity contribution in [2.45, 2.75) is 44.2 Å². The summed E-state index contributed by atoms with van der Waals surface area (Å²) in [5.41, 5.74) is 2.61. The summed E-state index contributed by atoms with van der Waals surface area (Å²) in [5.74, 6) is 0.172. The summed E-state index contributed by atoms with van der Waals surface area (Å²) in [7, 11) is 0. The van der Waals surface area contributed by atoms with E-state index >= 15 is 0 Å². The van der Waals surface area contributed by atoms with Gasteiger partial charge in [-0.1, -0.05) is 24.3 Å². The van der Waals surface area contributed by atoms with Crippen LogP contribution in [0.1, 0.15) is 37.9 Å². The van der Waals surface area contributed by atoms with E-state index in [1.165, 1.54) is 11.1 Å². The Morgan fingerprint density at radius 3 is 3.16 bits per heavy atom. The molecule has 1 amide bonds. The number of nitrogens with zero attached hydrogens (tertiary/aromatic N) is 1. The maximum absolute atomic E-state index is 12.2. The van der Waals surface area contributed by atoms with Gasteiger partial charge in [-0.05, 0) is 30.4 Å². The molecule has 1 aromatic rings. The molecule has 3 heterocycles. The number of rotatable bonds is 1. The van der Waals surface area contributed by atoms with Crippen molar-refractivity contribution in [2.24, 2.45) is 0 Å². The van der Waals surface area contributed by atoms with Gasteiger partial charge in [0.1, 0.15) is 12.3 Å². The van der Waals surface area contributed by atoms with Crippen LogP contribution in [-0.4, -0.2) is 29.6 Å². The maximum Gasteiger partial charge on any atom is 0.237 e. The highest BCUT2D eigenvalue weighted by Gasteiger charge is 2.52. The van der Waals surface area contributed by atoms with Gasteiger partial charge in [0, 0.05) is 14.5 Å². The summed E-state index contributed by atoms with van der Waals surface area (Å²) >= 11 is 0. The number of benzene rings is 1. The molecular formula is C15H20N2O2. The van der Waals surface area contributed by atoms with E-state index in [4.69, 9.17) is 4.74 Å². The Morgan fingerprint density at radius 1 is 1.32 bits per heavy atom. The molecule has 0 spiro atoms. The molecule has 0 bridgehead atoms. The van der Waals surface area contributed by atoms with Gasteiger partial charge in [-0.15, -0.1) is 0 Å². The standard InChI is InChI=1S/C15H18N2O2.H2/c18-14-12(7-3-4-8-16-14)17-9-10-5-1-2-6-11(10)13-15(17)19-13;/h1-2,5-6,12-13,15H,3-4,7-9H2,(H,16,18);1H/t12-,13?,15?;/m0./s1. The predicted octanol–water partition coefficient (Wildman–Crippen LogP) is 1.81. The zero-order valence-corrected chi connectivity index (χ0v) is 10.8. The molecule has 2 saturated heterocycles. The van der Waals surface area contributed by atoms with Crippen LogP contribution in [0.15, 0.2) is 24.3 Å². The molecule has 0 saturated carbocycles. The van der Waals surface area contributed by atoms with Crippen molar-refractivity contribution in [3.05, 3.63) is 35.4 Å². The van der Waals surface area contributed by atoms with E-state index in [1.54, 1.807) is 0 Å². The highest BCUT2D eigenvalue weighted by molar-refractivity contribution is 5.82. The van der Waals surface area contributed by atoms with E-state index in [2.05, 4.69) is 34.5 Å². The molecule has 0 aromatic heterocycles. The first kappa shape index (κ1) is 11.4. The lowest BCUT2D eigenvalue weighted by Gasteiger charge is -2.31. The third kappa shape index (κ3) is 1.86. The van der Waals surface area contributed by atoms with Gasteiger partial charge >= 0.3 is 0 Å².